The molecule has 0 radical (unpaired) electrons. The van der Waals surface area contributed by atoms with E-state index in [1.54, 1.807) is 11.0 Å². The van der Waals surface area contributed by atoms with E-state index in [1.807, 2.05) is 26.0 Å². The van der Waals surface area contributed by atoms with Crippen LogP contribution in [0.5, 0.6) is 0 Å². The minimum atomic E-state index is -0.688. The van der Waals surface area contributed by atoms with Crippen LogP contribution in [0.4, 0.5) is 10.1 Å². The van der Waals surface area contributed by atoms with Crippen molar-refractivity contribution in [2.75, 3.05) is 31.1 Å². The number of aryl methyl sites for hydroxylation is 1. The Balaban J connectivity index is 1.65. The molecule has 0 spiro atoms. The zero-order chi connectivity index (χ0) is 21.0. The number of hydrogen-bond donors (Lipinski definition) is 1. The Bertz CT molecular complexity index is 876. The van der Waals surface area contributed by atoms with Gasteiger partial charge < -0.3 is 15.1 Å². The van der Waals surface area contributed by atoms with Gasteiger partial charge >= 0.3 is 0 Å². The van der Waals surface area contributed by atoms with Crippen LogP contribution >= 0.6 is 0 Å². The molecule has 154 valence electrons. The van der Waals surface area contributed by atoms with Crippen LogP contribution in [0.1, 0.15) is 29.8 Å². The van der Waals surface area contributed by atoms with Crippen LogP contribution in [0.15, 0.2) is 48.5 Å². The van der Waals surface area contributed by atoms with E-state index in [-0.39, 0.29) is 17.4 Å². The largest absolute Gasteiger partial charge is 0.368 e. The van der Waals surface area contributed by atoms with Gasteiger partial charge in [-0.1, -0.05) is 44.2 Å². The molecule has 1 atom stereocenters. The zero-order valence-electron chi connectivity index (χ0n) is 17.2. The third kappa shape index (κ3) is 4.75. The number of hydrogen-bond acceptors (Lipinski definition) is 3. The van der Waals surface area contributed by atoms with Gasteiger partial charge in [0.1, 0.15) is 11.9 Å². The highest BCUT2D eigenvalue weighted by atomic mass is 19.1. The second kappa shape index (κ2) is 9.07. The van der Waals surface area contributed by atoms with E-state index in [4.69, 9.17) is 0 Å². The SMILES string of the molecule is Cc1ccccc1N1CCN(C(=O)C(NC(=O)c2ccccc2F)C(C)C)CC1. The number of carbonyl (C=O) groups is 2. The average molecular weight is 397 g/mol. The van der Waals surface area contributed by atoms with E-state index in [0.29, 0.717) is 13.1 Å². The Morgan fingerprint density at radius 1 is 0.966 bits per heavy atom. The number of para-hydroxylation sites is 1. The quantitative estimate of drug-likeness (QED) is 0.843. The number of amides is 2. The highest BCUT2D eigenvalue weighted by Gasteiger charge is 2.31. The van der Waals surface area contributed by atoms with Crippen molar-refractivity contribution in [3.8, 4) is 0 Å². The molecule has 1 unspecified atom stereocenters. The van der Waals surface area contributed by atoms with E-state index in [2.05, 4.69) is 29.3 Å². The lowest BCUT2D eigenvalue weighted by Gasteiger charge is -2.38. The number of nitrogens with zero attached hydrogens (tertiary/aromatic N) is 2. The third-order valence-corrected chi connectivity index (χ3v) is 5.39. The summed E-state index contributed by atoms with van der Waals surface area (Å²) in [6.45, 7) is 8.50. The Labute approximate surface area is 171 Å². The van der Waals surface area contributed by atoms with Crippen molar-refractivity contribution in [1.82, 2.24) is 10.2 Å². The molecule has 1 aliphatic heterocycles. The predicted molar refractivity (Wildman–Crippen MR) is 112 cm³/mol. The highest BCUT2D eigenvalue weighted by Crippen LogP contribution is 2.21. The standard InChI is InChI=1S/C23H28FN3O2/c1-16(2)21(25-22(28)18-9-5-6-10-19(18)24)23(29)27-14-12-26(13-15-27)20-11-7-4-8-17(20)3/h4-11,16,21H,12-15H2,1-3H3,(H,25,28). The van der Waals surface area contributed by atoms with Gasteiger partial charge in [0.25, 0.3) is 5.91 Å². The monoisotopic (exact) mass is 397 g/mol. The van der Waals surface area contributed by atoms with E-state index in [9.17, 15) is 14.0 Å². The van der Waals surface area contributed by atoms with Crippen LogP contribution in [0.2, 0.25) is 0 Å². The fourth-order valence-electron chi connectivity index (χ4n) is 3.66. The molecule has 1 fully saturated rings. The summed E-state index contributed by atoms with van der Waals surface area (Å²) in [7, 11) is 0. The number of rotatable bonds is 5. The number of carbonyl (C=O) groups excluding carboxylic acids is 2. The van der Waals surface area contributed by atoms with Crippen molar-refractivity contribution < 1.29 is 14.0 Å². The molecule has 0 bridgehead atoms. The second-order valence-electron chi connectivity index (χ2n) is 7.77. The fourth-order valence-corrected chi connectivity index (χ4v) is 3.66. The van der Waals surface area contributed by atoms with Crippen LogP contribution in [-0.2, 0) is 4.79 Å². The van der Waals surface area contributed by atoms with E-state index < -0.39 is 17.8 Å². The third-order valence-electron chi connectivity index (χ3n) is 5.39. The molecule has 6 heteroatoms. The maximum absolute atomic E-state index is 13.9. The Kier molecular flexibility index (Phi) is 6.52. The van der Waals surface area contributed by atoms with Gasteiger partial charge in [-0.3, -0.25) is 9.59 Å². The molecule has 1 N–H and O–H groups in total. The molecule has 0 aromatic heterocycles. The van der Waals surface area contributed by atoms with Gasteiger partial charge in [-0.2, -0.15) is 0 Å². The number of halogens is 1. The molecule has 3 rings (SSSR count). The summed E-state index contributed by atoms with van der Waals surface area (Å²) >= 11 is 0. The number of anilines is 1. The van der Waals surface area contributed by atoms with Gasteiger partial charge in [-0.25, -0.2) is 4.39 Å². The van der Waals surface area contributed by atoms with Gasteiger partial charge in [0, 0.05) is 31.9 Å². The summed E-state index contributed by atoms with van der Waals surface area (Å²) in [6.07, 6.45) is 0. The van der Waals surface area contributed by atoms with Crippen molar-refractivity contribution in [3.05, 3.63) is 65.5 Å². The summed E-state index contributed by atoms with van der Waals surface area (Å²) in [5.74, 6) is -1.37. The van der Waals surface area contributed by atoms with Crippen molar-refractivity contribution in [2.24, 2.45) is 5.92 Å². The molecule has 1 heterocycles. The molecule has 0 aliphatic carbocycles. The number of piperazine rings is 1. The fraction of sp³-hybridized carbons (Fsp3) is 0.391. The topological polar surface area (TPSA) is 52.6 Å². The molecule has 2 aromatic rings. The van der Waals surface area contributed by atoms with Crippen molar-refractivity contribution in [1.29, 1.82) is 0 Å². The molecule has 29 heavy (non-hydrogen) atoms. The number of nitrogens with one attached hydrogen (secondary N) is 1. The summed E-state index contributed by atoms with van der Waals surface area (Å²) < 4.78 is 13.9. The molecular weight excluding hydrogens is 369 g/mol. The zero-order valence-corrected chi connectivity index (χ0v) is 17.2. The normalized spacial score (nSPS) is 15.3. The van der Waals surface area contributed by atoms with Gasteiger partial charge in [0.15, 0.2) is 0 Å². The van der Waals surface area contributed by atoms with E-state index in [0.717, 1.165) is 13.1 Å². The maximum Gasteiger partial charge on any atom is 0.254 e. The first-order valence-corrected chi connectivity index (χ1v) is 10.0. The first kappa shape index (κ1) is 20.8. The van der Waals surface area contributed by atoms with Gasteiger partial charge in [0.05, 0.1) is 5.56 Å². The summed E-state index contributed by atoms with van der Waals surface area (Å²) in [6, 6.07) is 13.3. The van der Waals surface area contributed by atoms with E-state index in [1.165, 1.54) is 29.4 Å². The van der Waals surface area contributed by atoms with Crippen LogP contribution in [0.25, 0.3) is 0 Å². The van der Waals surface area contributed by atoms with Crippen LogP contribution < -0.4 is 10.2 Å². The first-order chi connectivity index (χ1) is 13.9. The van der Waals surface area contributed by atoms with Gasteiger partial charge in [-0.05, 0) is 36.6 Å². The predicted octanol–water partition coefficient (Wildman–Crippen LogP) is 3.24. The molecular formula is C23H28FN3O2. The van der Waals surface area contributed by atoms with Crippen molar-refractivity contribution in [3.63, 3.8) is 0 Å². The second-order valence-corrected chi connectivity index (χ2v) is 7.77. The molecule has 2 aromatic carbocycles. The summed E-state index contributed by atoms with van der Waals surface area (Å²) in [5.41, 5.74) is 2.35. The van der Waals surface area contributed by atoms with Crippen LogP contribution in [-0.4, -0.2) is 48.9 Å². The van der Waals surface area contributed by atoms with Crippen LogP contribution in [0, 0.1) is 18.7 Å². The smallest absolute Gasteiger partial charge is 0.254 e. The minimum Gasteiger partial charge on any atom is -0.368 e. The minimum absolute atomic E-state index is 0.0460. The summed E-state index contributed by atoms with van der Waals surface area (Å²) in [5, 5.41) is 2.74. The molecule has 0 saturated carbocycles. The van der Waals surface area contributed by atoms with Crippen molar-refractivity contribution in [2.45, 2.75) is 26.8 Å². The molecule has 5 nitrogen and oxygen atoms in total. The average Bonchev–Trinajstić information content (AvgIpc) is 2.72. The lowest BCUT2D eigenvalue weighted by molar-refractivity contribution is -0.134. The Morgan fingerprint density at radius 2 is 1.59 bits per heavy atom. The lowest BCUT2D eigenvalue weighted by atomic mass is 10.0. The maximum atomic E-state index is 13.9. The molecule has 1 aliphatic rings. The highest BCUT2D eigenvalue weighted by molar-refractivity contribution is 5.97. The van der Waals surface area contributed by atoms with E-state index >= 15 is 0 Å². The van der Waals surface area contributed by atoms with Gasteiger partial charge in [-0.15, -0.1) is 0 Å². The Morgan fingerprint density at radius 3 is 2.21 bits per heavy atom. The summed E-state index contributed by atoms with van der Waals surface area (Å²) in [4.78, 5) is 29.7. The molecule has 1 saturated heterocycles. The lowest BCUT2D eigenvalue weighted by Crippen LogP contribution is -2.56. The van der Waals surface area contributed by atoms with Crippen LogP contribution in [0.3, 0.4) is 0 Å². The molecule has 2 amide bonds. The van der Waals surface area contributed by atoms with Crippen molar-refractivity contribution >= 4 is 17.5 Å². The van der Waals surface area contributed by atoms with Gasteiger partial charge in [0.2, 0.25) is 5.91 Å². The Hall–Kier alpha value is -2.89. The number of benzene rings is 2. The first-order valence-electron chi connectivity index (χ1n) is 10.0.